The van der Waals surface area contributed by atoms with Crippen molar-refractivity contribution < 1.29 is 10.0 Å². The van der Waals surface area contributed by atoms with Gasteiger partial charge in [0.05, 0.1) is 6.04 Å². The average Bonchev–Trinajstić information content (AvgIpc) is 2.89. The fourth-order valence-corrected chi connectivity index (χ4v) is 2.83. The van der Waals surface area contributed by atoms with Gasteiger partial charge in [-0.25, -0.2) is 0 Å². The van der Waals surface area contributed by atoms with Gasteiger partial charge in [0.15, 0.2) is 5.84 Å². The highest BCUT2D eigenvalue weighted by molar-refractivity contribution is 7.10. The zero-order valence-electron chi connectivity index (χ0n) is 11.5. The molecule has 1 aromatic heterocycles. The summed E-state index contributed by atoms with van der Waals surface area (Å²) in [5, 5.41) is 16.7. The number of amidine groups is 1. The van der Waals surface area contributed by atoms with Gasteiger partial charge >= 0.3 is 0 Å². The summed E-state index contributed by atoms with van der Waals surface area (Å²) in [5.74, 6) is -0.894. The molecule has 0 fully saturated rings. The van der Waals surface area contributed by atoms with E-state index in [1.165, 1.54) is 0 Å². The normalized spacial score (nSPS) is 15.3. The van der Waals surface area contributed by atoms with Gasteiger partial charge in [0.2, 0.25) is 5.91 Å². The fraction of sp³-hybridized carbons (Fsp3) is 0.538. The standard InChI is InChI=1S/C13H21N3O2S/c1-4-9(10-6-5-7-19-10)15-13(17)11(8(2)3)12(14)16-18/h5-9,11,18H,4H2,1-3H3,(H2,14,16)(H,15,17). The number of nitrogens with two attached hydrogens (primary N) is 1. The predicted octanol–water partition coefficient (Wildman–Crippen LogP) is 2.33. The zero-order valence-corrected chi connectivity index (χ0v) is 12.3. The van der Waals surface area contributed by atoms with Crippen LogP contribution in [0.25, 0.3) is 0 Å². The number of carbonyl (C=O) groups is 1. The minimum atomic E-state index is -0.612. The number of thiophene rings is 1. The van der Waals surface area contributed by atoms with Gasteiger partial charge in [0.25, 0.3) is 0 Å². The van der Waals surface area contributed by atoms with Gasteiger partial charge in [-0.1, -0.05) is 32.0 Å². The SMILES string of the molecule is CCC(NC(=O)C(C(N)=NO)C(C)C)c1cccs1. The molecule has 0 aliphatic carbocycles. The van der Waals surface area contributed by atoms with E-state index in [4.69, 9.17) is 10.9 Å². The van der Waals surface area contributed by atoms with Crippen molar-refractivity contribution in [1.82, 2.24) is 5.32 Å². The Labute approximate surface area is 117 Å². The van der Waals surface area contributed by atoms with Crippen molar-refractivity contribution in [3.8, 4) is 0 Å². The van der Waals surface area contributed by atoms with E-state index in [2.05, 4.69) is 10.5 Å². The van der Waals surface area contributed by atoms with Crippen molar-refractivity contribution in [3.63, 3.8) is 0 Å². The fourth-order valence-electron chi connectivity index (χ4n) is 1.97. The molecule has 5 nitrogen and oxygen atoms in total. The van der Waals surface area contributed by atoms with Crippen LogP contribution in [0.2, 0.25) is 0 Å². The van der Waals surface area contributed by atoms with Crippen LogP contribution in [-0.4, -0.2) is 17.0 Å². The van der Waals surface area contributed by atoms with Gasteiger partial charge in [-0.05, 0) is 23.8 Å². The summed E-state index contributed by atoms with van der Waals surface area (Å²) in [7, 11) is 0. The number of nitrogens with zero attached hydrogens (tertiary/aromatic N) is 1. The Morgan fingerprint density at radius 2 is 2.26 bits per heavy atom. The highest BCUT2D eigenvalue weighted by Gasteiger charge is 2.28. The molecule has 0 aliphatic heterocycles. The molecule has 0 saturated carbocycles. The summed E-state index contributed by atoms with van der Waals surface area (Å²) in [6, 6.07) is 3.92. The molecule has 0 radical (unpaired) electrons. The van der Waals surface area contributed by atoms with Crippen molar-refractivity contribution in [2.75, 3.05) is 0 Å². The van der Waals surface area contributed by atoms with Gasteiger partial charge < -0.3 is 16.3 Å². The monoisotopic (exact) mass is 283 g/mol. The summed E-state index contributed by atoms with van der Waals surface area (Å²) in [5.41, 5.74) is 5.60. The molecule has 4 N–H and O–H groups in total. The van der Waals surface area contributed by atoms with E-state index in [0.29, 0.717) is 0 Å². The lowest BCUT2D eigenvalue weighted by atomic mass is 9.93. The third kappa shape index (κ3) is 3.96. The first kappa shape index (κ1) is 15.5. The van der Waals surface area contributed by atoms with Crippen LogP contribution in [-0.2, 0) is 4.79 Å². The van der Waals surface area contributed by atoms with Crippen molar-refractivity contribution in [2.24, 2.45) is 22.7 Å². The molecule has 106 valence electrons. The minimum absolute atomic E-state index is 0.0276. The molecular weight excluding hydrogens is 262 g/mol. The molecule has 0 bridgehead atoms. The quantitative estimate of drug-likeness (QED) is 0.324. The first-order valence-corrected chi connectivity index (χ1v) is 7.20. The summed E-state index contributed by atoms with van der Waals surface area (Å²) < 4.78 is 0. The van der Waals surface area contributed by atoms with E-state index in [9.17, 15) is 4.79 Å². The molecule has 1 rings (SSSR count). The van der Waals surface area contributed by atoms with Crippen molar-refractivity contribution in [3.05, 3.63) is 22.4 Å². The van der Waals surface area contributed by atoms with Crippen molar-refractivity contribution >= 4 is 23.1 Å². The van der Waals surface area contributed by atoms with E-state index in [1.807, 2.05) is 38.3 Å². The maximum atomic E-state index is 12.3. The smallest absolute Gasteiger partial charge is 0.231 e. The van der Waals surface area contributed by atoms with Gasteiger partial charge in [-0.15, -0.1) is 11.3 Å². The lowest BCUT2D eigenvalue weighted by Gasteiger charge is -2.22. The first-order chi connectivity index (χ1) is 9.01. The Morgan fingerprint density at radius 3 is 2.68 bits per heavy atom. The average molecular weight is 283 g/mol. The Hall–Kier alpha value is -1.56. The van der Waals surface area contributed by atoms with Crippen LogP contribution in [0.4, 0.5) is 0 Å². The number of hydrogen-bond acceptors (Lipinski definition) is 4. The van der Waals surface area contributed by atoms with Gasteiger partial charge in [-0.3, -0.25) is 4.79 Å². The van der Waals surface area contributed by atoms with Gasteiger partial charge in [0.1, 0.15) is 5.92 Å². The highest BCUT2D eigenvalue weighted by Crippen LogP contribution is 2.23. The molecule has 0 spiro atoms. The maximum Gasteiger partial charge on any atom is 0.231 e. The maximum absolute atomic E-state index is 12.3. The zero-order chi connectivity index (χ0) is 14.4. The second kappa shape index (κ2) is 7.13. The lowest BCUT2D eigenvalue weighted by Crippen LogP contribution is -2.42. The molecule has 1 heterocycles. The molecule has 0 aromatic carbocycles. The summed E-state index contributed by atoms with van der Waals surface area (Å²) in [4.78, 5) is 13.4. The number of hydrogen-bond donors (Lipinski definition) is 3. The Bertz CT molecular complexity index is 429. The van der Waals surface area contributed by atoms with Gasteiger partial charge in [0, 0.05) is 4.88 Å². The van der Waals surface area contributed by atoms with Crippen LogP contribution >= 0.6 is 11.3 Å². The van der Waals surface area contributed by atoms with Crippen LogP contribution in [0.15, 0.2) is 22.7 Å². The third-order valence-electron chi connectivity index (χ3n) is 2.99. The molecule has 19 heavy (non-hydrogen) atoms. The van der Waals surface area contributed by atoms with Crippen LogP contribution in [0.5, 0.6) is 0 Å². The van der Waals surface area contributed by atoms with Crippen LogP contribution in [0.3, 0.4) is 0 Å². The van der Waals surface area contributed by atoms with Crippen LogP contribution in [0, 0.1) is 11.8 Å². The molecule has 2 atom stereocenters. The summed E-state index contributed by atoms with van der Waals surface area (Å²) >= 11 is 1.61. The van der Waals surface area contributed by atoms with E-state index in [-0.39, 0.29) is 23.7 Å². The second-order valence-corrected chi connectivity index (χ2v) is 5.71. The van der Waals surface area contributed by atoms with Crippen LogP contribution < -0.4 is 11.1 Å². The third-order valence-corrected chi connectivity index (χ3v) is 3.98. The first-order valence-electron chi connectivity index (χ1n) is 6.32. The Morgan fingerprint density at radius 1 is 1.58 bits per heavy atom. The van der Waals surface area contributed by atoms with E-state index >= 15 is 0 Å². The molecule has 0 aliphatic rings. The topological polar surface area (TPSA) is 87.7 Å². The number of rotatable bonds is 6. The van der Waals surface area contributed by atoms with E-state index in [0.717, 1.165) is 11.3 Å². The van der Waals surface area contributed by atoms with Gasteiger partial charge in [-0.2, -0.15) is 0 Å². The number of oxime groups is 1. The Balaban J connectivity index is 2.81. The molecule has 1 aromatic rings. The number of nitrogens with one attached hydrogen (secondary N) is 1. The highest BCUT2D eigenvalue weighted by atomic mass is 32.1. The molecule has 6 heteroatoms. The number of carbonyl (C=O) groups excluding carboxylic acids is 1. The summed E-state index contributed by atoms with van der Waals surface area (Å²) in [6.45, 7) is 5.75. The van der Waals surface area contributed by atoms with Crippen LogP contribution in [0.1, 0.15) is 38.1 Å². The van der Waals surface area contributed by atoms with E-state index in [1.54, 1.807) is 11.3 Å². The molecule has 0 saturated heterocycles. The Kier molecular flexibility index (Phi) is 5.82. The molecular formula is C13H21N3O2S. The molecule has 2 unspecified atom stereocenters. The summed E-state index contributed by atoms with van der Waals surface area (Å²) in [6.07, 6.45) is 0.799. The van der Waals surface area contributed by atoms with Crippen molar-refractivity contribution in [2.45, 2.75) is 33.2 Å². The lowest BCUT2D eigenvalue weighted by molar-refractivity contribution is -0.124. The minimum Gasteiger partial charge on any atom is -0.409 e. The van der Waals surface area contributed by atoms with Crippen molar-refractivity contribution in [1.29, 1.82) is 0 Å². The number of amides is 1. The van der Waals surface area contributed by atoms with E-state index < -0.39 is 5.92 Å². The second-order valence-electron chi connectivity index (χ2n) is 4.73. The predicted molar refractivity (Wildman–Crippen MR) is 77.2 cm³/mol. The largest absolute Gasteiger partial charge is 0.409 e. The molecule has 1 amide bonds.